The zero-order valence-electron chi connectivity index (χ0n) is 12.1. The van der Waals surface area contributed by atoms with Crippen LogP contribution < -0.4 is 5.32 Å². The van der Waals surface area contributed by atoms with Crippen LogP contribution in [0.2, 0.25) is 0 Å². The molecule has 0 fully saturated rings. The van der Waals surface area contributed by atoms with Crippen LogP contribution >= 0.6 is 0 Å². The normalized spacial score (nSPS) is 10.5. The lowest BCUT2D eigenvalue weighted by atomic mass is 10.1. The molecule has 1 aromatic carbocycles. The molecular formula is C15H23NO4. The number of hydrogen-bond acceptors (Lipinski definition) is 4. The SMILES string of the molecule is COCCOCCCCNc1cc(C)ccc1C(=O)O. The summed E-state index contributed by atoms with van der Waals surface area (Å²) in [7, 11) is 1.65. The van der Waals surface area contributed by atoms with E-state index in [1.54, 1.807) is 19.2 Å². The maximum Gasteiger partial charge on any atom is 0.337 e. The van der Waals surface area contributed by atoms with E-state index < -0.39 is 5.97 Å². The molecule has 0 saturated carbocycles. The first kappa shape index (κ1) is 16.5. The van der Waals surface area contributed by atoms with Crippen molar-refractivity contribution < 1.29 is 19.4 Å². The fourth-order valence-electron chi connectivity index (χ4n) is 1.79. The van der Waals surface area contributed by atoms with Crippen molar-refractivity contribution in [2.45, 2.75) is 19.8 Å². The summed E-state index contributed by atoms with van der Waals surface area (Å²) in [6.07, 6.45) is 1.87. The minimum absolute atomic E-state index is 0.312. The Hall–Kier alpha value is -1.59. The van der Waals surface area contributed by atoms with Crippen molar-refractivity contribution in [2.24, 2.45) is 0 Å². The van der Waals surface area contributed by atoms with Crippen molar-refractivity contribution in [1.82, 2.24) is 0 Å². The number of carboxylic acids is 1. The number of aromatic carboxylic acids is 1. The Kier molecular flexibility index (Phi) is 7.69. The Morgan fingerprint density at radius 3 is 2.75 bits per heavy atom. The average Bonchev–Trinajstić information content (AvgIpc) is 2.41. The van der Waals surface area contributed by atoms with Gasteiger partial charge in [0.2, 0.25) is 0 Å². The summed E-state index contributed by atoms with van der Waals surface area (Å²) in [6, 6.07) is 5.30. The van der Waals surface area contributed by atoms with Gasteiger partial charge in [-0.15, -0.1) is 0 Å². The van der Waals surface area contributed by atoms with Crippen LogP contribution in [0, 0.1) is 6.92 Å². The third-order valence-electron chi connectivity index (χ3n) is 2.87. The third-order valence-corrected chi connectivity index (χ3v) is 2.87. The third kappa shape index (κ3) is 6.04. The van der Waals surface area contributed by atoms with Crippen molar-refractivity contribution in [2.75, 3.05) is 38.8 Å². The number of nitrogens with one attached hydrogen (secondary N) is 1. The van der Waals surface area contributed by atoms with Gasteiger partial charge in [0.05, 0.1) is 18.8 Å². The topological polar surface area (TPSA) is 67.8 Å². The Bertz CT molecular complexity index is 420. The number of unbranched alkanes of at least 4 members (excludes halogenated alkanes) is 1. The number of hydrogen-bond donors (Lipinski definition) is 2. The molecule has 1 aromatic rings. The van der Waals surface area contributed by atoms with E-state index in [0.29, 0.717) is 31.1 Å². The molecule has 5 nitrogen and oxygen atoms in total. The lowest BCUT2D eigenvalue weighted by Gasteiger charge is -2.10. The molecule has 0 spiro atoms. The van der Waals surface area contributed by atoms with Gasteiger partial charge in [-0.05, 0) is 37.5 Å². The molecule has 1 rings (SSSR count). The number of carbonyl (C=O) groups is 1. The minimum Gasteiger partial charge on any atom is -0.478 e. The summed E-state index contributed by atoms with van der Waals surface area (Å²) in [5.41, 5.74) is 2.03. The van der Waals surface area contributed by atoms with E-state index in [1.807, 2.05) is 13.0 Å². The molecule has 5 heteroatoms. The molecule has 0 aliphatic carbocycles. The van der Waals surface area contributed by atoms with E-state index in [1.165, 1.54) is 0 Å². The molecular weight excluding hydrogens is 258 g/mol. The maximum absolute atomic E-state index is 11.1. The molecule has 0 heterocycles. The summed E-state index contributed by atoms with van der Waals surface area (Å²) in [4.78, 5) is 11.1. The summed E-state index contributed by atoms with van der Waals surface area (Å²) in [6.45, 7) is 4.61. The van der Waals surface area contributed by atoms with E-state index in [2.05, 4.69) is 5.32 Å². The first-order valence-electron chi connectivity index (χ1n) is 6.79. The molecule has 0 unspecified atom stereocenters. The van der Waals surface area contributed by atoms with Crippen molar-refractivity contribution in [3.8, 4) is 0 Å². The summed E-state index contributed by atoms with van der Waals surface area (Å²) in [5, 5.41) is 12.3. The molecule has 0 aromatic heterocycles. The van der Waals surface area contributed by atoms with Crippen LogP contribution in [0.1, 0.15) is 28.8 Å². The van der Waals surface area contributed by atoms with Gasteiger partial charge < -0.3 is 19.9 Å². The number of anilines is 1. The van der Waals surface area contributed by atoms with Gasteiger partial charge in [0.25, 0.3) is 0 Å². The lowest BCUT2D eigenvalue weighted by Crippen LogP contribution is -2.09. The molecule has 2 N–H and O–H groups in total. The van der Waals surface area contributed by atoms with Crippen LogP contribution in [0.5, 0.6) is 0 Å². The number of benzene rings is 1. The van der Waals surface area contributed by atoms with E-state index in [0.717, 1.165) is 24.9 Å². The summed E-state index contributed by atoms with van der Waals surface area (Å²) >= 11 is 0. The maximum atomic E-state index is 11.1. The number of aryl methyl sites for hydroxylation is 1. The summed E-state index contributed by atoms with van der Waals surface area (Å²) in [5.74, 6) is -0.907. The number of methoxy groups -OCH3 is 1. The summed E-state index contributed by atoms with van der Waals surface area (Å²) < 4.78 is 10.2. The second kappa shape index (κ2) is 9.34. The highest BCUT2D eigenvalue weighted by molar-refractivity contribution is 5.94. The number of carboxylic acid groups (broad SMARTS) is 1. The van der Waals surface area contributed by atoms with Gasteiger partial charge in [0.1, 0.15) is 0 Å². The smallest absolute Gasteiger partial charge is 0.337 e. The van der Waals surface area contributed by atoms with Crippen LogP contribution in [0.3, 0.4) is 0 Å². The van der Waals surface area contributed by atoms with Crippen molar-refractivity contribution in [1.29, 1.82) is 0 Å². The first-order chi connectivity index (χ1) is 9.65. The molecule has 0 aliphatic rings. The molecule has 0 radical (unpaired) electrons. The molecule has 0 saturated heterocycles. The van der Waals surface area contributed by atoms with Gasteiger partial charge in [-0.3, -0.25) is 0 Å². The van der Waals surface area contributed by atoms with Crippen LogP contribution in [0.25, 0.3) is 0 Å². The number of ether oxygens (including phenoxy) is 2. The van der Waals surface area contributed by atoms with Crippen LogP contribution in [-0.2, 0) is 9.47 Å². The monoisotopic (exact) mass is 281 g/mol. The highest BCUT2D eigenvalue weighted by Gasteiger charge is 2.09. The van der Waals surface area contributed by atoms with E-state index >= 15 is 0 Å². The van der Waals surface area contributed by atoms with Crippen molar-refractivity contribution >= 4 is 11.7 Å². The highest BCUT2D eigenvalue weighted by atomic mass is 16.5. The first-order valence-corrected chi connectivity index (χ1v) is 6.79. The van der Waals surface area contributed by atoms with E-state index in [-0.39, 0.29) is 0 Å². The Morgan fingerprint density at radius 2 is 2.05 bits per heavy atom. The zero-order chi connectivity index (χ0) is 14.8. The van der Waals surface area contributed by atoms with Gasteiger partial charge in [-0.2, -0.15) is 0 Å². The largest absolute Gasteiger partial charge is 0.478 e. The van der Waals surface area contributed by atoms with Crippen molar-refractivity contribution in [3.63, 3.8) is 0 Å². The Labute approximate surface area is 119 Å². The molecule has 20 heavy (non-hydrogen) atoms. The van der Waals surface area contributed by atoms with Gasteiger partial charge in [-0.25, -0.2) is 4.79 Å². The zero-order valence-corrected chi connectivity index (χ0v) is 12.1. The van der Waals surface area contributed by atoms with Gasteiger partial charge in [-0.1, -0.05) is 6.07 Å². The molecule has 112 valence electrons. The average molecular weight is 281 g/mol. The fourth-order valence-corrected chi connectivity index (χ4v) is 1.79. The molecule has 0 aliphatic heterocycles. The second-order valence-electron chi connectivity index (χ2n) is 4.59. The lowest BCUT2D eigenvalue weighted by molar-refractivity contribution is 0.0690. The standard InChI is InChI=1S/C15H23NO4/c1-12-5-6-13(15(17)18)14(11-12)16-7-3-4-8-20-10-9-19-2/h5-6,11,16H,3-4,7-10H2,1-2H3,(H,17,18). The second-order valence-corrected chi connectivity index (χ2v) is 4.59. The Morgan fingerprint density at radius 1 is 1.25 bits per heavy atom. The van der Waals surface area contributed by atoms with Crippen LogP contribution in [-0.4, -0.2) is 44.6 Å². The molecule has 0 amide bonds. The predicted octanol–water partition coefficient (Wildman–Crippen LogP) is 2.55. The minimum atomic E-state index is -0.907. The highest BCUT2D eigenvalue weighted by Crippen LogP contribution is 2.17. The van der Waals surface area contributed by atoms with Crippen LogP contribution in [0.4, 0.5) is 5.69 Å². The number of rotatable bonds is 10. The molecule has 0 bridgehead atoms. The van der Waals surface area contributed by atoms with Gasteiger partial charge in [0, 0.05) is 25.9 Å². The van der Waals surface area contributed by atoms with Crippen molar-refractivity contribution in [3.05, 3.63) is 29.3 Å². The van der Waals surface area contributed by atoms with Gasteiger partial charge in [0.15, 0.2) is 0 Å². The quantitative estimate of drug-likeness (QED) is 0.645. The van der Waals surface area contributed by atoms with E-state index in [4.69, 9.17) is 14.6 Å². The fraction of sp³-hybridized carbons (Fsp3) is 0.533. The molecule has 0 atom stereocenters. The van der Waals surface area contributed by atoms with E-state index in [9.17, 15) is 4.79 Å². The van der Waals surface area contributed by atoms with Crippen LogP contribution in [0.15, 0.2) is 18.2 Å². The van der Waals surface area contributed by atoms with Gasteiger partial charge >= 0.3 is 5.97 Å². The Balaban J connectivity index is 2.28. The predicted molar refractivity (Wildman–Crippen MR) is 78.6 cm³/mol.